The highest BCUT2D eigenvalue weighted by Crippen LogP contribution is 2.16. The summed E-state index contributed by atoms with van der Waals surface area (Å²) in [6.07, 6.45) is 2.86. The molecule has 0 aliphatic rings. The second-order valence-electron chi connectivity index (χ2n) is 3.69. The number of aromatic nitrogens is 1. The van der Waals surface area contributed by atoms with Crippen LogP contribution in [0.3, 0.4) is 0 Å². The highest BCUT2D eigenvalue weighted by Gasteiger charge is 2.08. The van der Waals surface area contributed by atoms with Crippen LogP contribution >= 0.6 is 0 Å². The van der Waals surface area contributed by atoms with Gasteiger partial charge in [0.15, 0.2) is 0 Å². The molecule has 0 saturated heterocycles. The maximum absolute atomic E-state index is 5.54. The van der Waals surface area contributed by atoms with E-state index >= 15 is 0 Å². The molecule has 1 unspecified atom stereocenters. The normalized spacial score (nSPS) is 12.6. The highest BCUT2D eigenvalue weighted by atomic mass is 15.1. The van der Waals surface area contributed by atoms with E-state index < -0.39 is 0 Å². The van der Waals surface area contributed by atoms with Crippen LogP contribution < -0.4 is 10.6 Å². The molecule has 1 aromatic rings. The molecule has 1 heterocycles. The van der Waals surface area contributed by atoms with Crippen LogP contribution in [0.25, 0.3) is 0 Å². The minimum Gasteiger partial charge on any atom is -0.372 e. The zero-order valence-corrected chi connectivity index (χ0v) is 9.20. The summed E-state index contributed by atoms with van der Waals surface area (Å²) in [6, 6.07) is 4.59. The summed E-state index contributed by atoms with van der Waals surface area (Å²) in [4.78, 5) is 6.41. The lowest BCUT2D eigenvalue weighted by Crippen LogP contribution is -2.30. The lowest BCUT2D eigenvalue weighted by atomic mass is 10.2. The first kappa shape index (κ1) is 11.0. The van der Waals surface area contributed by atoms with E-state index in [1.54, 1.807) is 0 Å². The van der Waals surface area contributed by atoms with Crippen LogP contribution in [0.4, 0.5) is 5.69 Å². The SMILES string of the molecule is Cc1cc(N(C)C(C)CCN)ccn1. The van der Waals surface area contributed by atoms with Crippen LogP contribution in [-0.4, -0.2) is 24.6 Å². The molecule has 0 amide bonds. The Kier molecular flexibility index (Phi) is 3.89. The van der Waals surface area contributed by atoms with E-state index in [1.807, 2.05) is 19.2 Å². The van der Waals surface area contributed by atoms with E-state index in [-0.39, 0.29) is 0 Å². The largest absolute Gasteiger partial charge is 0.372 e. The lowest BCUT2D eigenvalue weighted by molar-refractivity contribution is 0.635. The van der Waals surface area contributed by atoms with Crippen molar-refractivity contribution >= 4 is 5.69 Å². The van der Waals surface area contributed by atoms with Crippen LogP contribution in [-0.2, 0) is 0 Å². The van der Waals surface area contributed by atoms with Crippen molar-refractivity contribution < 1.29 is 0 Å². The van der Waals surface area contributed by atoms with Gasteiger partial charge in [-0.05, 0) is 38.9 Å². The topological polar surface area (TPSA) is 42.1 Å². The van der Waals surface area contributed by atoms with Crippen LogP contribution in [0.2, 0.25) is 0 Å². The Morgan fingerprint density at radius 3 is 2.86 bits per heavy atom. The molecule has 0 fully saturated rings. The zero-order valence-electron chi connectivity index (χ0n) is 9.20. The molecule has 2 N–H and O–H groups in total. The quantitative estimate of drug-likeness (QED) is 0.789. The molecule has 0 radical (unpaired) electrons. The van der Waals surface area contributed by atoms with Gasteiger partial charge < -0.3 is 10.6 Å². The van der Waals surface area contributed by atoms with Crippen LogP contribution in [0, 0.1) is 6.92 Å². The summed E-state index contributed by atoms with van der Waals surface area (Å²) >= 11 is 0. The van der Waals surface area contributed by atoms with E-state index in [4.69, 9.17) is 5.73 Å². The van der Waals surface area contributed by atoms with Crippen LogP contribution in [0.1, 0.15) is 19.0 Å². The van der Waals surface area contributed by atoms with E-state index in [0.29, 0.717) is 6.04 Å². The summed E-state index contributed by atoms with van der Waals surface area (Å²) in [6.45, 7) is 4.92. The predicted molar refractivity (Wildman–Crippen MR) is 60.5 cm³/mol. The fourth-order valence-corrected chi connectivity index (χ4v) is 1.44. The van der Waals surface area contributed by atoms with Gasteiger partial charge in [0, 0.05) is 30.7 Å². The molecule has 1 rings (SSSR count). The molecule has 0 aromatic carbocycles. The molecule has 1 atom stereocenters. The van der Waals surface area contributed by atoms with Crippen molar-refractivity contribution in [1.82, 2.24) is 4.98 Å². The van der Waals surface area contributed by atoms with Crippen LogP contribution in [0.15, 0.2) is 18.3 Å². The monoisotopic (exact) mass is 193 g/mol. The maximum Gasteiger partial charge on any atom is 0.0399 e. The summed E-state index contributed by atoms with van der Waals surface area (Å²) in [5, 5.41) is 0. The van der Waals surface area contributed by atoms with Crippen molar-refractivity contribution in [2.24, 2.45) is 5.73 Å². The third-order valence-electron chi connectivity index (χ3n) is 2.53. The fraction of sp³-hybridized carbons (Fsp3) is 0.545. The Morgan fingerprint density at radius 1 is 1.57 bits per heavy atom. The Balaban J connectivity index is 2.73. The third-order valence-corrected chi connectivity index (χ3v) is 2.53. The molecule has 0 aliphatic heterocycles. The average molecular weight is 193 g/mol. The van der Waals surface area contributed by atoms with E-state index in [1.165, 1.54) is 5.69 Å². The summed E-state index contributed by atoms with van der Waals surface area (Å²) in [5.41, 5.74) is 7.79. The van der Waals surface area contributed by atoms with Crippen molar-refractivity contribution in [1.29, 1.82) is 0 Å². The van der Waals surface area contributed by atoms with Gasteiger partial charge in [0.2, 0.25) is 0 Å². The summed E-state index contributed by atoms with van der Waals surface area (Å²) < 4.78 is 0. The number of pyridine rings is 1. The number of nitrogens with two attached hydrogens (primary N) is 1. The van der Waals surface area contributed by atoms with Gasteiger partial charge in [-0.2, -0.15) is 0 Å². The Bertz CT molecular complexity index is 286. The number of aryl methyl sites for hydroxylation is 1. The smallest absolute Gasteiger partial charge is 0.0399 e. The van der Waals surface area contributed by atoms with Gasteiger partial charge in [-0.25, -0.2) is 0 Å². The fourth-order valence-electron chi connectivity index (χ4n) is 1.44. The average Bonchev–Trinajstić information content (AvgIpc) is 2.17. The van der Waals surface area contributed by atoms with Crippen molar-refractivity contribution in [3.8, 4) is 0 Å². The van der Waals surface area contributed by atoms with Crippen molar-refractivity contribution in [3.05, 3.63) is 24.0 Å². The number of hydrogen-bond donors (Lipinski definition) is 1. The number of hydrogen-bond acceptors (Lipinski definition) is 3. The van der Waals surface area contributed by atoms with Crippen molar-refractivity contribution in [3.63, 3.8) is 0 Å². The molecule has 0 bridgehead atoms. The molecule has 78 valence electrons. The van der Waals surface area contributed by atoms with E-state index in [2.05, 4.69) is 29.9 Å². The molecule has 1 aromatic heterocycles. The van der Waals surface area contributed by atoms with Gasteiger partial charge >= 0.3 is 0 Å². The second kappa shape index (κ2) is 4.96. The third kappa shape index (κ3) is 2.70. The number of rotatable bonds is 4. The summed E-state index contributed by atoms with van der Waals surface area (Å²) in [5.74, 6) is 0. The van der Waals surface area contributed by atoms with Crippen molar-refractivity contribution in [2.45, 2.75) is 26.3 Å². The first-order chi connectivity index (χ1) is 6.65. The van der Waals surface area contributed by atoms with Gasteiger partial charge in [-0.15, -0.1) is 0 Å². The first-order valence-corrected chi connectivity index (χ1v) is 5.00. The number of anilines is 1. The van der Waals surface area contributed by atoms with E-state index in [0.717, 1.165) is 18.7 Å². The van der Waals surface area contributed by atoms with Gasteiger partial charge in [-0.1, -0.05) is 0 Å². The molecule has 14 heavy (non-hydrogen) atoms. The molecule has 0 aliphatic carbocycles. The minimum atomic E-state index is 0.474. The highest BCUT2D eigenvalue weighted by molar-refractivity contribution is 5.46. The number of nitrogens with zero attached hydrogens (tertiary/aromatic N) is 2. The minimum absolute atomic E-state index is 0.474. The molecule has 3 heteroatoms. The Morgan fingerprint density at radius 2 is 2.29 bits per heavy atom. The molecule has 0 saturated carbocycles. The lowest BCUT2D eigenvalue weighted by Gasteiger charge is -2.26. The van der Waals surface area contributed by atoms with Gasteiger partial charge in [0.05, 0.1) is 0 Å². The molecule has 3 nitrogen and oxygen atoms in total. The van der Waals surface area contributed by atoms with Gasteiger partial charge in [0.1, 0.15) is 0 Å². The zero-order chi connectivity index (χ0) is 10.6. The maximum atomic E-state index is 5.54. The molecule has 0 spiro atoms. The molecular weight excluding hydrogens is 174 g/mol. The van der Waals surface area contributed by atoms with Crippen molar-refractivity contribution in [2.75, 3.05) is 18.5 Å². The van der Waals surface area contributed by atoms with Gasteiger partial charge in [0.25, 0.3) is 0 Å². The standard InChI is InChI=1S/C11H19N3/c1-9-8-11(5-7-13-9)14(3)10(2)4-6-12/h5,7-8,10H,4,6,12H2,1-3H3. The Labute approximate surface area is 85.9 Å². The molecular formula is C11H19N3. The second-order valence-corrected chi connectivity index (χ2v) is 3.69. The Hall–Kier alpha value is -1.09. The van der Waals surface area contributed by atoms with E-state index in [9.17, 15) is 0 Å². The predicted octanol–water partition coefficient (Wildman–Crippen LogP) is 1.56. The first-order valence-electron chi connectivity index (χ1n) is 5.00. The van der Waals surface area contributed by atoms with Crippen LogP contribution in [0.5, 0.6) is 0 Å². The van der Waals surface area contributed by atoms with Gasteiger partial charge in [-0.3, -0.25) is 4.98 Å². The summed E-state index contributed by atoms with van der Waals surface area (Å²) in [7, 11) is 2.09.